The molecule has 4 nitrogen and oxygen atoms in total. The topological polar surface area (TPSA) is 59.4 Å². The third-order valence-electron chi connectivity index (χ3n) is 2.49. The van der Waals surface area contributed by atoms with Gasteiger partial charge in [-0.15, -0.1) is 0 Å². The molecule has 4 heteroatoms. The summed E-state index contributed by atoms with van der Waals surface area (Å²) in [4.78, 5) is 15.7. The quantitative estimate of drug-likeness (QED) is 0.842. The Labute approximate surface area is 105 Å². The summed E-state index contributed by atoms with van der Waals surface area (Å²) in [5, 5.41) is 9.66. The van der Waals surface area contributed by atoms with Crippen LogP contribution in [0.3, 0.4) is 0 Å². The number of rotatable bonds is 3. The maximum absolute atomic E-state index is 11.7. The fraction of sp³-hybridized carbons (Fsp3) is 0.143. The SMILES string of the molecule is CCOC(=O)c1cc(-c2cccnc2)ccc1O. The molecule has 0 atom stereocenters. The first-order chi connectivity index (χ1) is 8.72. The number of phenols is 1. The molecule has 1 N–H and O–H groups in total. The van der Waals surface area contributed by atoms with E-state index in [1.54, 1.807) is 31.5 Å². The van der Waals surface area contributed by atoms with Gasteiger partial charge in [-0.05, 0) is 30.7 Å². The van der Waals surface area contributed by atoms with Crippen molar-refractivity contribution < 1.29 is 14.6 Å². The van der Waals surface area contributed by atoms with Gasteiger partial charge in [0.05, 0.1) is 6.61 Å². The van der Waals surface area contributed by atoms with Gasteiger partial charge >= 0.3 is 5.97 Å². The summed E-state index contributed by atoms with van der Waals surface area (Å²) >= 11 is 0. The molecule has 0 aliphatic rings. The van der Waals surface area contributed by atoms with Crippen molar-refractivity contribution in [1.29, 1.82) is 0 Å². The number of pyridine rings is 1. The highest BCUT2D eigenvalue weighted by Crippen LogP contribution is 2.25. The van der Waals surface area contributed by atoms with Crippen molar-refractivity contribution in [3.8, 4) is 16.9 Å². The Morgan fingerprint density at radius 1 is 1.33 bits per heavy atom. The summed E-state index contributed by atoms with van der Waals surface area (Å²) in [5.74, 6) is -0.609. The van der Waals surface area contributed by atoms with E-state index < -0.39 is 5.97 Å². The molecule has 0 bridgehead atoms. The highest BCUT2D eigenvalue weighted by molar-refractivity contribution is 5.94. The zero-order valence-electron chi connectivity index (χ0n) is 9.96. The average molecular weight is 243 g/mol. The van der Waals surface area contributed by atoms with Crippen LogP contribution in [0.5, 0.6) is 5.75 Å². The van der Waals surface area contributed by atoms with Crippen molar-refractivity contribution in [1.82, 2.24) is 4.98 Å². The van der Waals surface area contributed by atoms with E-state index in [9.17, 15) is 9.90 Å². The maximum Gasteiger partial charge on any atom is 0.341 e. The normalized spacial score (nSPS) is 10.1. The number of ether oxygens (including phenoxy) is 1. The molecule has 0 saturated carbocycles. The van der Waals surface area contributed by atoms with Crippen molar-refractivity contribution in [3.63, 3.8) is 0 Å². The number of nitrogens with zero attached hydrogens (tertiary/aromatic N) is 1. The van der Waals surface area contributed by atoms with Crippen LogP contribution in [-0.4, -0.2) is 22.7 Å². The lowest BCUT2D eigenvalue weighted by Crippen LogP contribution is -2.05. The second-order valence-electron chi connectivity index (χ2n) is 3.69. The van der Waals surface area contributed by atoms with Gasteiger partial charge in [0.2, 0.25) is 0 Å². The minimum atomic E-state index is -0.527. The van der Waals surface area contributed by atoms with Gasteiger partial charge in [0.25, 0.3) is 0 Å². The lowest BCUT2D eigenvalue weighted by Gasteiger charge is -2.07. The van der Waals surface area contributed by atoms with E-state index in [1.807, 2.05) is 12.1 Å². The van der Waals surface area contributed by atoms with Gasteiger partial charge in [0.1, 0.15) is 11.3 Å². The van der Waals surface area contributed by atoms with Crippen LogP contribution in [0, 0.1) is 0 Å². The number of phenolic OH excluding ortho intramolecular Hbond substituents is 1. The number of hydrogen-bond acceptors (Lipinski definition) is 4. The largest absolute Gasteiger partial charge is 0.507 e. The number of benzene rings is 1. The summed E-state index contributed by atoms with van der Waals surface area (Å²) < 4.78 is 4.89. The molecule has 0 saturated heterocycles. The van der Waals surface area contributed by atoms with E-state index >= 15 is 0 Å². The minimum absolute atomic E-state index is 0.0823. The van der Waals surface area contributed by atoms with E-state index in [0.717, 1.165) is 11.1 Å². The van der Waals surface area contributed by atoms with Crippen LogP contribution in [0.4, 0.5) is 0 Å². The first kappa shape index (κ1) is 12.1. The van der Waals surface area contributed by atoms with E-state index in [4.69, 9.17) is 4.74 Å². The predicted molar refractivity (Wildman–Crippen MR) is 67.3 cm³/mol. The third kappa shape index (κ3) is 2.48. The molecule has 2 aromatic rings. The van der Waals surface area contributed by atoms with Crippen LogP contribution in [0.25, 0.3) is 11.1 Å². The Bertz CT molecular complexity index is 552. The molecule has 1 heterocycles. The molecule has 0 amide bonds. The van der Waals surface area contributed by atoms with Gasteiger partial charge in [0.15, 0.2) is 0 Å². The molecule has 2 rings (SSSR count). The van der Waals surface area contributed by atoms with Gasteiger partial charge in [-0.3, -0.25) is 4.98 Å². The Morgan fingerprint density at radius 2 is 2.17 bits per heavy atom. The van der Waals surface area contributed by atoms with Crippen LogP contribution >= 0.6 is 0 Å². The number of carbonyl (C=O) groups is 1. The highest BCUT2D eigenvalue weighted by atomic mass is 16.5. The van der Waals surface area contributed by atoms with Crippen molar-refractivity contribution in [2.45, 2.75) is 6.92 Å². The number of aromatic hydroxyl groups is 1. The Kier molecular flexibility index (Phi) is 3.57. The van der Waals surface area contributed by atoms with Gasteiger partial charge in [-0.25, -0.2) is 4.79 Å². The molecular weight excluding hydrogens is 230 g/mol. The molecule has 0 fully saturated rings. The molecule has 0 spiro atoms. The van der Waals surface area contributed by atoms with Gasteiger partial charge < -0.3 is 9.84 Å². The van der Waals surface area contributed by atoms with Crippen molar-refractivity contribution >= 4 is 5.97 Å². The maximum atomic E-state index is 11.7. The second-order valence-corrected chi connectivity index (χ2v) is 3.69. The summed E-state index contributed by atoms with van der Waals surface area (Å²) in [7, 11) is 0. The summed E-state index contributed by atoms with van der Waals surface area (Å²) in [6.07, 6.45) is 3.37. The summed E-state index contributed by atoms with van der Waals surface area (Å²) in [6.45, 7) is 2.00. The fourth-order valence-corrected chi connectivity index (χ4v) is 1.62. The molecule has 1 aromatic heterocycles. The Hall–Kier alpha value is -2.36. The van der Waals surface area contributed by atoms with Crippen molar-refractivity contribution in [3.05, 3.63) is 48.3 Å². The standard InChI is InChI=1S/C14H13NO3/c1-2-18-14(17)12-8-10(5-6-13(12)16)11-4-3-7-15-9-11/h3-9,16H,2H2,1H3. The Morgan fingerprint density at radius 3 is 2.83 bits per heavy atom. The Balaban J connectivity index is 2.41. The second kappa shape index (κ2) is 5.31. The molecular formula is C14H13NO3. The van der Waals surface area contributed by atoms with Crippen LogP contribution in [0.2, 0.25) is 0 Å². The van der Waals surface area contributed by atoms with E-state index in [0.29, 0.717) is 0 Å². The lowest BCUT2D eigenvalue weighted by atomic mass is 10.0. The van der Waals surface area contributed by atoms with Gasteiger partial charge in [0, 0.05) is 18.0 Å². The average Bonchev–Trinajstić information content (AvgIpc) is 2.40. The van der Waals surface area contributed by atoms with Crippen LogP contribution in [0.15, 0.2) is 42.7 Å². The van der Waals surface area contributed by atoms with E-state index in [1.165, 1.54) is 6.07 Å². The molecule has 0 unspecified atom stereocenters. The number of hydrogen-bond donors (Lipinski definition) is 1. The molecule has 0 radical (unpaired) electrons. The predicted octanol–water partition coefficient (Wildman–Crippen LogP) is 2.63. The number of esters is 1. The molecule has 1 aromatic carbocycles. The van der Waals surface area contributed by atoms with Crippen LogP contribution in [-0.2, 0) is 4.74 Å². The monoisotopic (exact) mass is 243 g/mol. The summed E-state index contributed by atoms with van der Waals surface area (Å²) in [5.41, 5.74) is 1.85. The smallest absolute Gasteiger partial charge is 0.341 e. The van der Waals surface area contributed by atoms with Gasteiger partial charge in [-0.2, -0.15) is 0 Å². The zero-order valence-corrected chi connectivity index (χ0v) is 9.96. The lowest BCUT2D eigenvalue weighted by molar-refractivity contribution is 0.0523. The highest BCUT2D eigenvalue weighted by Gasteiger charge is 2.13. The molecule has 0 aliphatic heterocycles. The fourth-order valence-electron chi connectivity index (χ4n) is 1.62. The molecule has 0 aliphatic carbocycles. The van der Waals surface area contributed by atoms with Crippen LogP contribution in [0.1, 0.15) is 17.3 Å². The van der Waals surface area contributed by atoms with Crippen molar-refractivity contribution in [2.24, 2.45) is 0 Å². The van der Waals surface area contributed by atoms with Gasteiger partial charge in [-0.1, -0.05) is 12.1 Å². The van der Waals surface area contributed by atoms with E-state index in [2.05, 4.69) is 4.98 Å². The molecule has 92 valence electrons. The number of aromatic nitrogens is 1. The third-order valence-corrected chi connectivity index (χ3v) is 2.49. The van der Waals surface area contributed by atoms with E-state index in [-0.39, 0.29) is 17.9 Å². The first-order valence-electron chi connectivity index (χ1n) is 5.63. The number of carbonyl (C=O) groups excluding carboxylic acids is 1. The summed E-state index contributed by atoms with van der Waals surface area (Å²) in [6, 6.07) is 8.51. The van der Waals surface area contributed by atoms with Crippen molar-refractivity contribution in [2.75, 3.05) is 6.61 Å². The minimum Gasteiger partial charge on any atom is -0.507 e. The molecule has 18 heavy (non-hydrogen) atoms. The first-order valence-corrected chi connectivity index (χ1v) is 5.63. The zero-order chi connectivity index (χ0) is 13.0. The van der Waals surface area contributed by atoms with Crippen LogP contribution < -0.4 is 0 Å².